The second-order valence-corrected chi connectivity index (χ2v) is 6.95. The van der Waals surface area contributed by atoms with Gasteiger partial charge in [0.1, 0.15) is 0 Å². The molecule has 0 radical (unpaired) electrons. The first-order valence-electron chi connectivity index (χ1n) is 8.15. The van der Waals surface area contributed by atoms with Crippen molar-refractivity contribution in [2.45, 2.75) is 83.8 Å². The molecule has 18 heavy (non-hydrogen) atoms. The molecule has 2 fully saturated rings. The van der Waals surface area contributed by atoms with Crippen molar-refractivity contribution in [2.75, 3.05) is 13.1 Å². The molecule has 2 rings (SSSR count). The van der Waals surface area contributed by atoms with Gasteiger partial charge < -0.3 is 10.2 Å². The first-order chi connectivity index (χ1) is 8.65. The lowest BCUT2D eigenvalue weighted by Crippen LogP contribution is -2.48. The highest BCUT2D eigenvalue weighted by Gasteiger charge is 2.31. The molecular formula is C16H32N2. The van der Waals surface area contributed by atoms with Gasteiger partial charge in [-0.1, -0.05) is 26.7 Å². The molecule has 2 nitrogen and oxygen atoms in total. The Kier molecular flexibility index (Phi) is 5.50. The fourth-order valence-corrected chi connectivity index (χ4v) is 3.69. The molecule has 0 aromatic rings. The molecule has 2 heteroatoms. The Hall–Kier alpha value is -0.0800. The van der Waals surface area contributed by atoms with E-state index in [0.29, 0.717) is 6.04 Å². The van der Waals surface area contributed by atoms with Gasteiger partial charge in [-0.25, -0.2) is 0 Å². The first kappa shape index (κ1) is 14.3. The van der Waals surface area contributed by atoms with Gasteiger partial charge in [0.25, 0.3) is 0 Å². The molecule has 0 aromatic carbocycles. The minimum Gasteiger partial charge on any atom is -0.311 e. The predicted octanol–water partition coefficient (Wildman–Crippen LogP) is 3.42. The number of nitrogens with one attached hydrogen (secondary N) is 1. The Bertz CT molecular complexity index is 239. The molecule has 2 heterocycles. The maximum Gasteiger partial charge on any atom is 0.0111 e. The third-order valence-corrected chi connectivity index (χ3v) is 4.76. The van der Waals surface area contributed by atoms with E-state index in [1.165, 1.54) is 58.0 Å². The molecule has 3 atom stereocenters. The summed E-state index contributed by atoms with van der Waals surface area (Å²) < 4.78 is 0. The zero-order valence-corrected chi connectivity index (χ0v) is 12.6. The molecular weight excluding hydrogens is 220 g/mol. The average molecular weight is 252 g/mol. The standard InChI is InChI=1S/C16H32N2/c1-13(2)6-4-7-14(3)17-15-9-11-18-10-5-8-16(18)12-15/h13-17H,4-12H2,1-3H3. The summed E-state index contributed by atoms with van der Waals surface area (Å²) in [6.07, 6.45) is 9.75. The van der Waals surface area contributed by atoms with Crippen LogP contribution in [0.5, 0.6) is 0 Å². The molecule has 2 aliphatic heterocycles. The summed E-state index contributed by atoms with van der Waals surface area (Å²) in [7, 11) is 0. The van der Waals surface area contributed by atoms with Crippen LogP contribution < -0.4 is 5.32 Å². The van der Waals surface area contributed by atoms with Crippen molar-refractivity contribution in [3.8, 4) is 0 Å². The number of rotatable bonds is 6. The van der Waals surface area contributed by atoms with Crippen LogP contribution in [0.25, 0.3) is 0 Å². The van der Waals surface area contributed by atoms with E-state index < -0.39 is 0 Å². The third-order valence-electron chi connectivity index (χ3n) is 4.76. The predicted molar refractivity (Wildman–Crippen MR) is 78.9 cm³/mol. The minimum atomic E-state index is 0.710. The van der Waals surface area contributed by atoms with E-state index in [0.717, 1.165) is 18.0 Å². The molecule has 0 bridgehead atoms. The molecule has 0 aromatic heterocycles. The van der Waals surface area contributed by atoms with Crippen LogP contribution in [0.15, 0.2) is 0 Å². The highest BCUT2D eigenvalue weighted by molar-refractivity contribution is 4.89. The van der Waals surface area contributed by atoms with Crippen LogP contribution in [0, 0.1) is 5.92 Å². The highest BCUT2D eigenvalue weighted by Crippen LogP contribution is 2.27. The number of hydrogen-bond acceptors (Lipinski definition) is 2. The van der Waals surface area contributed by atoms with E-state index in [9.17, 15) is 0 Å². The highest BCUT2D eigenvalue weighted by atomic mass is 15.2. The molecule has 0 amide bonds. The van der Waals surface area contributed by atoms with Gasteiger partial charge in [0, 0.05) is 18.1 Å². The maximum absolute atomic E-state index is 3.88. The van der Waals surface area contributed by atoms with Crippen LogP contribution in [0.3, 0.4) is 0 Å². The van der Waals surface area contributed by atoms with Crippen molar-refractivity contribution in [3.05, 3.63) is 0 Å². The Labute approximate surface area is 114 Å². The molecule has 0 saturated carbocycles. The second kappa shape index (κ2) is 6.91. The number of fused-ring (bicyclic) bond motifs is 1. The summed E-state index contributed by atoms with van der Waals surface area (Å²) in [5.41, 5.74) is 0. The Morgan fingerprint density at radius 3 is 2.72 bits per heavy atom. The van der Waals surface area contributed by atoms with E-state index in [1.54, 1.807) is 0 Å². The fraction of sp³-hybridized carbons (Fsp3) is 1.00. The monoisotopic (exact) mass is 252 g/mol. The van der Waals surface area contributed by atoms with Crippen molar-refractivity contribution >= 4 is 0 Å². The van der Waals surface area contributed by atoms with Crippen LogP contribution in [0.2, 0.25) is 0 Å². The van der Waals surface area contributed by atoms with E-state index in [4.69, 9.17) is 0 Å². The van der Waals surface area contributed by atoms with Gasteiger partial charge in [-0.2, -0.15) is 0 Å². The first-order valence-corrected chi connectivity index (χ1v) is 8.15. The zero-order chi connectivity index (χ0) is 13.0. The summed E-state index contributed by atoms with van der Waals surface area (Å²) in [4.78, 5) is 2.71. The summed E-state index contributed by atoms with van der Waals surface area (Å²) in [6, 6.07) is 2.40. The third kappa shape index (κ3) is 4.24. The van der Waals surface area contributed by atoms with E-state index >= 15 is 0 Å². The molecule has 2 aliphatic rings. The van der Waals surface area contributed by atoms with E-state index in [1.807, 2.05) is 0 Å². The zero-order valence-electron chi connectivity index (χ0n) is 12.6. The SMILES string of the molecule is CC(C)CCCC(C)NC1CCN2CCCC2C1. The largest absolute Gasteiger partial charge is 0.311 e. The van der Waals surface area contributed by atoms with Crippen molar-refractivity contribution in [1.29, 1.82) is 0 Å². The topological polar surface area (TPSA) is 15.3 Å². The molecule has 0 aliphatic carbocycles. The Balaban J connectivity index is 1.63. The quantitative estimate of drug-likeness (QED) is 0.779. The summed E-state index contributed by atoms with van der Waals surface area (Å²) >= 11 is 0. The number of hydrogen-bond donors (Lipinski definition) is 1. The van der Waals surface area contributed by atoms with E-state index in [-0.39, 0.29) is 0 Å². The number of piperidine rings is 1. The van der Waals surface area contributed by atoms with Gasteiger partial charge in [-0.05, 0) is 58.0 Å². The molecule has 1 N–H and O–H groups in total. The Morgan fingerprint density at radius 2 is 1.94 bits per heavy atom. The van der Waals surface area contributed by atoms with Crippen LogP contribution in [-0.4, -0.2) is 36.1 Å². The molecule has 106 valence electrons. The summed E-state index contributed by atoms with van der Waals surface area (Å²) in [6.45, 7) is 9.73. The van der Waals surface area contributed by atoms with E-state index in [2.05, 4.69) is 31.0 Å². The van der Waals surface area contributed by atoms with Crippen LogP contribution in [0.1, 0.15) is 65.7 Å². The van der Waals surface area contributed by atoms with Gasteiger partial charge in [-0.15, -0.1) is 0 Å². The minimum absolute atomic E-state index is 0.710. The van der Waals surface area contributed by atoms with Gasteiger partial charge in [0.05, 0.1) is 0 Å². The van der Waals surface area contributed by atoms with Crippen LogP contribution >= 0.6 is 0 Å². The fourth-order valence-electron chi connectivity index (χ4n) is 3.69. The number of nitrogens with zero attached hydrogens (tertiary/aromatic N) is 1. The van der Waals surface area contributed by atoms with Crippen molar-refractivity contribution < 1.29 is 0 Å². The van der Waals surface area contributed by atoms with Crippen molar-refractivity contribution in [2.24, 2.45) is 5.92 Å². The smallest absolute Gasteiger partial charge is 0.0111 e. The normalized spacial score (nSPS) is 30.7. The lowest BCUT2D eigenvalue weighted by Gasteiger charge is -2.36. The maximum atomic E-state index is 3.88. The molecule has 3 unspecified atom stereocenters. The average Bonchev–Trinajstić information content (AvgIpc) is 2.75. The van der Waals surface area contributed by atoms with Crippen LogP contribution in [0.4, 0.5) is 0 Å². The molecule has 2 saturated heterocycles. The summed E-state index contributed by atoms with van der Waals surface area (Å²) in [5, 5.41) is 3.88. The van der Waals surface area contributed by atoms with Crippen molar-refractivity contribution in [1.82, 2.24) is 10.2 Å². The lowest BCUT2D eigenvalue weighted by molar-refractivity contribution is 0.161. The van der Waals surface area contributed by atoms with Gasteiger partial charge in [0.2, 0.25) is 0 Å². The second-order valence-electron chi connectivity index (χ2n) is 6.95. The van der Waals surface area contributed by atoms with Crippen molar-refractivity contribution in [3.63, 3.8) is 0 Å². The van der Waals surface area contributed by atoms with Gasteiger partial charge >= 0.3 is 0 Å². The van der Waals surface area contributed by atoms with Crippen LogP contribution in [-0.2, 0) is 0 Å². The Morgan fingerprint density at radius 1 is 1.11 bits per heavy atom. The van der Waals surface area contributed by atoms with Gasteiger partial charge in [-0.3, -0.25) is 0 Å². The van der Waals surface area contributed by atoms with Gasteiger partial charge in [0.15, 0.2) is 0 Å². The lowest BCUT2D eigenvalue weighted by atomic mass is 9.96. The summed E-state index contributed by atoms with van der Waals surface area (Å²) in [5.74, 6) is 0.860. The molecule has 0 spiro atoms.